The van der Waals surface area contributed by atoms with Crippen molar-refractivity contribution in [1.82, 2.24) is 5.01 Å². The summed E-state index contributed by atoms with van der Waals surface area (Å²) < 4.78 is 49.8. The van der Waals surface area contributed by atoms with Crippen molar-refractivity contribution in [3.8, 4) is 0 Å². The maximum Gasteiger partial charge on any atom is 0.422 e. The Hall–Kier alpha value is -2.29. The lowest BCUT2D eigenvalue weighted by Gasteiger charge is -2.36. The molecule has 11 heteroatoms. The number of alkyl halides is 3. The van der Waals surface area contributed by atoms with Crippen molar-refractivity contribution in [2.75, 3.05) is 24.8 Å². The number of hydrazine groups is 1. The van der Waals surface area contributed by atoms with E-state index in [-0.39, 0.29) is 29.6 Å². The van der Waals surface area contributed by atoms with Gasteiger partial charge in [0.2, 0.25) is 0 Å². The molecule has 1 aliphatic rings. The lowest BCUT2D eigenvalue weighted by atomic mass is 10.0. The number of benzene rings is 2. The number of ether oxygens (including phenoxy) is 2. The summed E-state index contributed by atoms with van der Waals surface area (Å²) in [6.45, 7) is 1.98. The molecule has 178 valence electrons. The topological polar surface area (TPSA) is 42.0 Å². The number of rotatable bonds is 7. The highest BCUT2D eigenvalue weighted by Gasteiger charge is 2.46. The first-order chi connectivity index (χ1) is 15.6. The van der Waals surface area contributed by atoms with Crippen LogP contribution in [-0.2, 0) is 14.3 Å². The van der Waals surface area contributed by atoms with Crippen LogP contribution in [0.1, 0.15) is 25.5 Å². The molecule has 3 rings (SSSR count). The summed E-state index contributed by atoms with van der Waals surface area (Å²) in [5, 5.41) is 4.13. The molecule has 2 aromatic rings. The second-order valence-corrected chi connectivity index (χ2v) is 8.23. The molecule has 1 atom stereocenters. The monoisotopic (exact) mass is 522 g/mol. The number of carbonyl (C=O) groups excluding carboxylic acids is 1. The molecule has 0 radical (unpaired) electrons. The Morgan fingerprint density at radius 2 is 1.67 bits per heavy atom. The van der Waals surface area contributed by atoms with Crippen LogP contribution in [0.4, 0.5) is 18.9 Å². The minimum Gasteiger partial charge on any atom is -0.483 e. The van der Waals surface area contributed by atoms with E-state index in [0.717, 1.165) is 0 Å². The highest BCUT2D eigenvalue weighted by Crippen LogP contribution is 2.46. The van der Waals surface area contributed by atoms with Crippen molar-refractivity contribution < 1.29 is 27.4 Å². The number of carbonyl (C=O) groups is 1. The highest BCUT2D eigenvalue weighted by atomic mass is 35.5. The Balaban J connectivity index is 2.25. The molecule has 5 nitrogen and oxygen atoms in total. The molecule has 1 aliphatic heterocycles. The van der Waals surface area contributed by atoms with Crippen LogP contribution in [-0.4, -0.2) is 36.9 Å². The van der Waals surface area contributed by atoms with E-state index in [9.17, 15) is 18.0 Å². The molecule has 33 heavy (non-hydrogen) atoms. The summed E-state index contributed by atoms with van der Waals surface area (Å²) in [4.78, 5) is 12.9. The molecule has 0 amide bonds. The fourth-order valence-electron chi connectivity index (χ4n) is 3.51. The van der Waals surface area contributed by atoms with Gasteiger partial charge in [0.15, 0.2) is 18.1 Å². The largest absolute Gasteiger partial charge is 0.483 e. The van der Waals surface area contributed by atoms with E-state index in [1.807, 2.05) is 0 Å². The smallest absolute Gasteiger partial charge is 0.422 e. The number of anilines is 1. The maximum absolute atomic E-state index is 13.1. The third-order valence-corrected chi connectivity index (χ3v) is 5.54. The number of esters is 1. The molecule has 0 N–H and O–H groups in total. The van der Waals surface area contributed by atoms with E-state index in [2.05, 4.69) is 0 Å². The van der Waals surface area contributed by atoms with Crippen molar-refractivity contribution in [1.29, 1.82) is 0 Å². The molecular formula is C22H20Cl3F3N2O3. The van der Waals surface area contributed by atoms with E-state index in [1.54, 1.807) is 55.3 Å². The second kappa shape index (κ2) is 10.3. The zero-order valence-corrected chi connectivity index (χ0v) is 19.9. The number of hydrogen-bond donors (Lipinski definition) is 0. The molecule has 1 unspecified atom stereocenters. The van der Waals surface area contributed by atoms with E-state index < -0.39 is 24.8 Å². The lowest BCUT2D eigenvalue weighted by molar-refractivity contribution is -0.166. The first-order valence-corrected chi connectivity index (χ1v) is 11.1. The number of nitrogens with zero attached hydrogens (tertiary/aromatic N) is 2. The normalized spacial score (nSPS) is 16.4. The predicted octanol–water partition coefficient (Wildman–Crippen LogP) is 6.80. The summed E-state index contributed by atoms with van der Waals surface area (Å²) in [5.41, 5.74) is 0.796. The number of likely N-dealkylation sites (N-methyl/N-ethyl adjacent to an activating group) is 1. The van der Waals surface area contributed by atoms with Crippen molar-refractivity contribution in [3.05, 3.63) is 74.6 Å². The average molecular weight is 524 g/mol. The van der Waals surface area contributed by atoms with E-state index in [0.29, 0.717) is 21.3 Å². The van der Waals surface area contributed by atoms with Gasteiger partial charge in [0.25, 0.3) is 0 Å². The Labute approximate surface area is 204 Å². The molecule has 0 saturated carbocycles. The summed E-state index contributed by atoms with van der Waals surface area (Å²) in [6, 6.07) is 10.2. The van der Waals surface area contributed by atoms with Gasteiger partial charge in [-0.15, -0.1) is 0 Å². The molecule has 2 aromatic carbocycles. The zero-order chi connectivity index (χ0) is 24.3. The zero-order valence-electron chi connectivity index (χ0n) is 17.6. The fourth-order valence-corrected chi connectivity index (χ4v) is 4.13. The Kier molecular flexibility index (Phi) is 7.92. The molecule has 0 fully saturated rings. The fraction of sp³-hybridized carbons (Fsp3) is 0.318. The third kappa shape index (κ3) is 5.62. The van der Waals surface area contributed by atoms with Crippen molar-refractivity contribution in [2.24, 2.45) is 0 Å². The van der Waals surface area contributed by atoms with Crippen molar-refractivity contribution in [2.45, 2.75) is 26.1 Å². The summed E-state index contributed by atoms with van der Waals surface area (Å²) in [5.74, 6) is -1.02. The number of halogens is 6. The third-order valence-electron chi connectivity index (χ3n) is 4.75. The molecule has 0 bridgehead atoms. The van der Waals surface area contributed by atoms with Crippen LogP contribution >= 0.6 is 34.8 Å². The van der Waals surface area contributed by atoms with Crippen LogP contribution < -0.4 is 5.01 Å². The van der Waals surface area contributed by atoms with Gasteiger partial charge in [0.05, 0.1) is 17.3 Å². The van der Waals surface area contributed by atoms with Gasteiger partial charge in [0.1, 0.15) is 6.04 Å². The second-order valence-electron chi connectivity index (χ2n) is 6.95. The van der Waals surface area contributed by atoms with Gasteiger partial charge in [-0.1, -0.05) is 46.9 Å². The van der Waals surface area contributed by atoms with Gasteiger partial charge >= 0.3 is 12.1 Å². The molecule has 0 saturated heterocycles. The first-order valence-electron chi connectivity index (χ1n) is 9.95. The van der Waals surface area contributed by atoms with Gasteiger partial charge in [-0.2, -0.15) is 13.2 Å². The van der Waals surface area contributed by atoms with Crippen LogP contribution in [0.2, 0.25) is 15.1 Å². The van der Waals surface area contributed by atoms with Gasteiger partial charge < -0.3 is 9.47 Å². The van der Waals surface area contributed by atoms with E-state index in [4.69, 9.17) is 44.3 Å². The first kappa shape index (κ1) is 25.3. The molecule has 0 spiro atoms. The number of hydrogen-bond acceptors (Lipinski definition) is 5. The minimum absolute atomic E-state index is 0.0275. The molecule has 0 aromatic heterocycles. The summed E-state index contributed by atoms with van der Waals surface area (Å²) in [7, 11) is 0. The van der Waals surface area contributed by atoms with Gasteiger partial charge in [-0.25, -0.2) is 4.79 Å². The summed E-state index contributed by atoms with van der Waals surface area (Å²) >= 11 is 18.5. The van der Waals surface area contributed by atoms with Crippen LogP contribution in [0.25, 0.3) is 0 Å². The lowest BCUT2D eigenvalue weighted by Crippen LogP contribution is -2.41. The van der Waals surface area contributed by atoms with Crippen molar-refractivity contribution >= 4 is 46.5 Å². The standard InChI is InChI=1S/C22H20Cl3F3N2O3/c1-3-29-19(21(31)32-4-2)20(33-12-22(26,27)28)18(13-5-7-14(23)8-6-13)30(29)17-10-9-15(24)11-16(17)25/h5-11,18H,3-4,12H2,1-2H3. The van der Waals surface area contributed by atoms with Gasteiger partial charge in [-0.3, -0.25) is 10.0 Å². The minimum atomic E-state index is -4.63. The van der Waals surface area contributed by atoms with E-state index >= 15 is 0 Å². The Morgan fingerprint density at radius 1 is 1.03 bits per heavy atom. The van der Waals surface area contributed by atoms with Crippen LogP contribution in [0.3, 0.4) is 0 Å². The van der Waals surface area contributed by atoms with E-state index in [1.165, 1.54) is 11.1 Å². The maximum atomic E-state index is 13.1. The van der Waals surface area contributed by atoms with Crippen LogP contribution in [0.5, 0.6) is 0 Å². The Morgan fingerprint density at radius 3 is 2.21 bits per heavy atom. The SMILES string of the molecule is CCOC(=O)C1=C(OCC(F)(F)F)C(c2ccc(Cl)cc2)N(c2ccc(Cl)cc2Cl)N1CC. The highest BCUT2D eigenvalue weighted by molar-refractivity contribution is 6.36. The summed E-state index contributed by atoms with van der Waals surface area (Å²) in [6.07, 6.45) is -4.63. The van der Waals surface area contributed by atoms with Crippen LogP contribution in [0, 0.1) is 0 Å². The molecule has 1 heterocycles. The average Bonchev–Trinajstić information content (AvgIpc) is 3.06. The van der Waals surface area contributed by atoms with Gasteiger partial charge in [0, 0.05) is 16.6 Å². The molecule has 0 aliphatic carbocycles. The van der Waals surface area contributed by atoms with Crippen LogP contribution in [0.15, 0.2) is 53.9 Å². The quantitative estimate of drug-likeness (QED) is 0.374. The van der Waals surface area contributed by atoms with Gasteiger partial charge in [-0.05, 0) is 49.7 Å². The Bertz CT molecular complexity index is 1050. The molecular weight excluding hydrogens is 504 g/mol. The van der Waals surface area contributed by atoms with Crippen molar-refractivity contribution in [3.63, 3.8) is 0 Å². The predicted molar refractivity (Wildman–Crippen MR) is 121 cm³/mol.